The molecule has 0 aromatic carbocycles. The molecule has 0 aromatic rings. The average Bonchev–Trinajstić information content (AvgIpc) is 2.41. The molecular formula is C16H34INO. The minimum Gasteiger partial charge on any atom is -1.00 e. The van der Waals surface area contributed by atoms with E-state index in [2.05, 4.69) is 19.2 Å². The lowest BCUT2D eigenvalue weighted by atomic mass is 9.88. The number of quaternary nitrogens is 1. The average molecular weight is 383 g/mol. The van der Waals surface area contributed by atoms with E-state index >= 15 is 0 Å². The van der Waals surface area contributed by atoms with Gasteiger partial charge in [0, 0.05) is 0 Å². The van der Waals surface area contributed by atoms with Crippen LogP contribution in [-0.4, -0.2) is 25.3 Å². The van der Waals surface area contributed by atoms with E-state index < -0.39 is 0 Å². The van der Waals surface area contributed by atoms with E-state index in [-0.39, 0.29) is 29.6 Å². The maximum absolute atomic E-state index is 6.19. The van der Waals surface area contributed by atoms with Gasteiger partial charge < -0.3 is 34.0 Å². The SMILES string of the molecule is CCCCCCC1(CCCCCC)C[NH2+]CCO1.[I-]. The Kier molecular flexibility index (Phi) is 12.8. The van der Waals surface area contributed by atoms with Gasteiger partial charge >= 0.3 is 0 Å². The molecule has 0 saturated carbocycles. The third-order valence-electron chi connectivity index (χ3n) is 4.22. The van der Waals surface area contributed by atoms with E-state index in [1.165, 1.54) is 70.8 Å². The Morgan fingerprint density at radius 3 is 1.89 bits per heavy atom. The van der Waals surface area contributed by atoms with Crippen molar-refractivity contribution >= 4 is 0 Å². The van der Waals surface area contributed by atoms with Crippen molar-refractivity contribution in [3.8, 4) is 0 Å². The molecule has 0 radical (unpaired) electrons. The quantitative estimate of drug-likeness (QED) is 0.425. The fourth-order valence-electron chi connectivity index (χ4n) is 3.00. The zero-order chi connectivity index (χ0) is 13.1. The summed E-state index contributed by atoms with van der Waals surface area (Å²) in [5, 5.41) is 2.46. The molecule has 2 N–H and O–H groups in total. The lowest BCUT2D eigenvalue weighted by Crippen LogP contribution is -3.00. The van der Waals surface area contributed by atoms with Crippen LogP contribution in [0.2, 0.25) is 0 Å². The maximum atomic E-state index is 6.19. The minimum atomic E-state index is 0. The van der Waals surface area contributed by atoms with Gasteiger partial charge in [-0.1, -0.05) is 65.2 Å². The van der Waals surface area contributed by atoms with Crippen molar-refractivity contribution in [2.24, 2.45) is 0 Å². The zero-order valence-corrected chi connectivity index (χ0v) is 15.2. The van der Waals surface area contributed by atoms with Crippen molar-refractivity contribution in [3.63, 3.8) is 0 Å². The van der Waals surface area contributed by atoms with Gasteiger partial charge in [-0.2, -0.15) is 0 Å². The molecule has 2 nitrogen and oxygen atoms in total. The van der Waals surface area contributed by atoms with E-state index in [9.17, 15) is 0 Å². The monoisotopic (exact) mass is 383 g/mol. The van der Waals surface area contributed by atoms with E-state index in [0.29, 0.717) is 0 Å². The zero-order valence-electron chi connectivity index (χ0n) is 13.1. The Morgan fingerprint density at radius 1 is 0.895 bits per heavy atom. The highest BCUT2D eigenvalue weighted by Gasteiger charge is 2.34. The summed E-state index contributed by atoms with van der Waals surface area (Å²) in [6.45, 7) is 7.88. The van der Waals surface area contributed by atoms with E-state index in [0.717, 1.165) is 13.2 Å². The van der Waals surface area contributed by atoms with Crippen molar-refractivity contribution in [2.75, 3.05) is 19.7 Å². The Bertz CT molecular complexity index is 179. The normalized spacial score (nSPS) is 18.0. The first-order chi connectivity index (χ1) is 8.83. The van der Waals surface area contributed by atoms with Gasteiger partial charge in [0.15, 0.2) is 0 Å². The molecule has 19 heavy (non-hydrogen) atoms. The van der Waals surface area contributed by atoms with Gasteiger partial charge in [-0.05, 0) is 12.8 Å². The standard InChI is InChI=1S/C16H33NO.HI/c1-3-5-7-9-11-16(12-10-8-6-4-2)15-17-13-14-18-16;/h17H,3-15H2,1-2H3;1H. The predicted molar refractivity (Wildman–Crippen MR) is 77.9 cm³/mol. The number of morpholine rings is 1. The van der Waals surface area contributed by atoms with Crippen LogP contribution in [-0.2, 0) is 4.74 Å². The molecule has 1 saturated heterocycles. The van der Waals surface area contributed by atoms with Crippen LogP contribution >= 0.6 is 0 Å². The molecule has 0 atom stereocenters. The van der Waals surface area contributed by atoms with Gasteiger partial charge in [-0.25, -0.2) is 0 Å². The maximum Gasteiger partial charge on any atom is 0.117 e. The fourth-order valence-corrected chi connectivity index (χ4v) is 3.00. The van der Waals surface area contributed by atoms with Gasteiger partial charge in [-0.15, -0.1) is 0 Å². The Balaban J connectivity index is 0.00000324. The lowest BCUT2D eigenvalue weighted by molar-refractivity contribution is -0.686. The fraction of sp³-hybridized carbons (Fsp3) is 1.00. The van der Waals surface area contributed by atoms with Crippen molar-refractivity contribution < 1.29 is 34.0 Å². The number of nitrogens with two attached hydrogens (primary N) is 1. The van der Waals surface area contributed by atoms with Crippen molar-refractivity contribution in [2.45, 2.75) is 83.7 Å². The van der Waals surface area contributed by atoms with Crippen LogP contribution in [0.3, 0.4) is 0 Å². The Labute approximate surface area is 137 Å². The molecule has 116 valence electrons. The van der Waals surface area contributed by atoms with Gasteiger partial charge in [0.1, 0.15) is 12.1 Å². The van der Waals surface area contributed by atoms with Crippen LogP contribution in [0.1, 0.15) is 78.1 Å². The smallest absolute Gasteiger partial charge is 0.117 e. The van der Waals surface area contributed by atoms with Gasteiger partial charge in [0.05, 0.1) is 13.2 Å². The molecule has 0 aliphatic carbocycles. The lowest BCUT2D eigenvalue weighted by Gasteiger charge is -2.35. The first-order valence-electron chi connectivity index (χ1n) is 8.28. The highest BCUT2D eigenvalue weighted by atomic mass is 127. The number of halogens is 1. The number of hydrogen-bond acceptors (Lipinski definition) is 1. The largest absolute Gasteiger partial charge is 1.00 e. The minimum absolute atomic E-state index is 0. The first kappa shape index (κ1) is 19.7. The topological polar surface area (TPSA) is 25.8 Å². The summed E-state index contributed by atoms with van der Waals surface area (Å²) in [5.41, 5.74) is 0.222. The van der Waals surface area contributed by atoms with Crippen molar-refractivity contribution in [1.29, 1.82) is 0 Å². The number of hydrogen-bond donors (Lipinski definition) is 1. The highest BCUT2D eigenvalue weighted by molar-refractivity contribution is 4.81. The molecule has 0 amide bonds. The molecule has 0 spiro atoms. The van der Waals surface area contributed by atoms with Crippen molar-refractivity contribution in [3.05, 3.63) is 0 Å². The predicted octanol–water partition coefficient (Wildman–Crippen LogP) is 0.264. The molecule has 1 fully saturated rings. The van der Waals surface area contributed by atoms with Crippen LogP contribution in [0.4, 0.5) is 0 Å². The number of unbranched alkanes of at least 4 members (excludes halogenated alkanes) is 6. The second-order valence-corrected chi connectivity index (χ2v) is 5.93. The molecule has 0 unspecified atom stereocenters. The van der Waals surface area contributed by atoms with E-state index in [1.54, 1.807) is 0 Å². The molecule has 0 bridgehead atoms. The summed E-state index contributed by atoms with van der Waals surface area (Å²) in [6.07, 6.45) is 13.5. The first-order valence-corrected chi connectivity index (χ1v) is 8.28. The van der Waals surface area contributed by atoms with Crippen molar-refractivity contribution in [1.82, 2.24) is 0 Å². The molecule has 1 aliphatic rings. The third-order valence-corrected chi connectivity index (χ3v) is 4.22. The van der Waals surface area contributed by atoms with Gasteiger partial charge in [-0.3, -0.25) is 0 Å². The Hall–Kier alpha value is 0.650. The van der Waals surface area contributed by atoms with E-state index in [4.69, 9.17) is 4.74 Å². The van der Waals surface area contributed by atoms with Gasteiger partial charge in [0.25, 0.3) is 0 Å². The van der Waals surface area contributed by atoms with Gasteiger partial charge in [0.2, 0.25) is 0 Å². The van der Waals surface area contributed by atoms with Crippen LogP contribution in [0.15, 0.2) is 0 Å². The summed E-state index contributed by atoms with van der Waals surface area (Å²) in [5.74, 6) is 0. The molecule has 0 aromatic heterocycles. The molecule has 1 aliphatic heterocycles. The van der Waals surface area contributed by atoms with Crippen LogP contribution < -0.4 is 29.3 Å². The molecule has 1 heterocycles. The third kappa shape index (κ3) is 8.51. The van der Waals surface area contributed by atoms with Crippen LogP contribution in [0.5, 0.6) is 0 Å². The highest BCUT2D eigenvalue weighted by Crippen LogP contribution is 2.26. The summed E-state index contributed by atoms with van der Waals surface area (Å²) in [6, 6.07) is 0. The second kappa shape index (κ2) is 12.4. The Morgan fingerprint density at radius 2 is 1.47 bits per heavy atom. The number of rotatable bonds is 10. The second-order valence-electron chi connectivity index (χ2n) is 5.93. The number of ether oxygens (including phenoxy) is 1. The van der Waals surface area contributed by atoms with E-state index in [1.807, 2.05) is 0 Å². The van der Waals surface area contributed by atoms with Crippen LogP contribution in [0, 0.1) is 0 Å². The molecular weight excluding hydrogens is 349 g/mol. The van der Waals surface area contributed by atoms with Crippen LogP contribution in [0.25, 0.3) is 0 Å². The molecule has 3 heteroatoms. The summed E-state index contributed by atoms with van der Waals surface area (Å²) in [4.78, 5) is 0. The summed E-state index contributed by atoms with van der Waals surface area (Å²) >= 11 is 0. The summed E-state index contributed by atoms with van der Waals surface area (Å²) in [7, 11) is 0. The summed E-state index contributed by atoms with van der Waals surface area (Å²) < 4.78 is 6.19. The molecule has 1 rings (SSSR count).